The molecule has 0 fully saturated rings. The maximum absolute atomic E-state index is 15.6. The maximum atomic E-state index is 15.6. The summed E-state index contributed by atoms with van der Waals surface area (Å²) in [5.74, 6) is -1.97. The second-order valence-corrected chi connectivity index (χ2v) is 10.1. The molecule has 0 saturated heterocycles. The number of ether oxygens (including phenoxy) is 1. The highest BCUT2D eigenvalue weighted by molar-refractivity contribution is 7.92. The molecule has 14 heteroatoms. The van der Waals surface area contributed by atoms with Crippen LogP contribution in [0.1, 0.15) is 5.56 Å². The van der Waals surface area contributed by atoms with Crippen LogP contribution in [0.4, 0.5) is 14.5 Å². The van der Waals surface area contributed by atoms with Gasteiger partial charge in [-0.2, -0.15) is 5.26 Å². The predicted molar refractivity (Wildman–Crippen MR) is 140 cm³/mol. The Morgan fingerprint density at radius 3 is 2.70 bits per heavy atom. The SMILES string of the molecule is COc1ncc(C#N)cc1S(=O)(=O)Nc1ccc(F)c(-c2cn3cnc(-c4nc5ccccc5[nH]4)c3cn2)c1F. The molecule has 0 aliphatic heterocycles. The fourth-order valence-electron chi connectivity index (χ4n) is 4.18. The number of sulfonamides is 1. The number of aromatic amines is 1. The first kappa shape index (κ1) is 24.9. The number of benzene rings is 2. The highest BCUT2D eigenvalue weighted by Crippen LogP contribution is 2.33. The fraction of sp³-hybridized carbons (Fsp3) is 0.0385. The van der Waals surface area contributed by atoms with Crippen molar-refractivity contribution in [2.75, 3.05) is 11.8 Å². The van der Waals surface area contributed by atoms with Crippen LogP contribution in [0.25, 0.3) is 39.3 Å². The topological polar surface area (TPSA) is 151 Å². The maximum Gasteiger partial charge on any atom is 0.267 e. The van der Waals surface area contributed by atoms with Gasteiger partial charge in [0, 0.05) is 12.4 Å². The highest BCUT2D eigenvalue weighted by Gasteiger charge is 2.26. The summed E-state index contributed by atoms with van der Waals surface area (Å²) in [5, 5.41) is 9.13. The van der Waals surface area contributed by atoms with E-state index in [9.17, 15) is 12.8 Å². The number of methoxy groups -OCH3 is 1. The molecule has 0 aliphatic rings. The molecule has 0 radical (unpaired) electrons. The Bertz CT molecular complexity index is 2070. The van der Waals surface area contributed by atoms with E-state index in [4.69, 9.17) is 10.00 Å². The van der Waals surface area contributed by atoms with E-state index in [1.807, 2.05) is 24.3 Å². The molecule has 0 spiro atoms. The van der Waals surface area contributed by atoms with E-state index in [-0.39, 0.29) is 17.1 Å². The van der Waals surface area contributed by atoms with E-state index in [2.05, 4.69) is 29.6 Å². The van der Waals surface area contributed by atoms with Crippen LogP contribution in [0, 0.1) is 23.0 Å². The molecule has 2 N–H and O–H groups in total. The van der Waals surface area contributed by atoms with E-state index in [1.54, 1.807) is 6.07 Å². The number of H-pyrrole nitrogens is 1. The molecule has 0 unspecified atom stereocenters. The second kappa shape index (κ2) is 9.40. The van der Waals surface area contributed by atoms with Crippen LogP contribution in [0.3, 0.4) is 0 Å². The van der Waals surface area contributed by atoms with Crippen molar-refractivity contribution in [3.63, 3.8) is 0 Å². The summed E-state index contributed by atoms with van der Waals surface area (Å²) in [4.78, 5) is 19.6. The largest absolute Gasteiger partial charge is 0.480 e. The van der Waals surface area contributed by atoms with E-state index in [0.29, 0.717) is 17.0 Å². The van der Waals surface area contributed by atoms with Crippen molar-refractivity contribution >= 4 is 32.3 Å². The third-order valence-electron chi connectivity index (χ3n) is 6.05. The van der Waals surface area contributed by atoms with Gasteiger partial charge in [-0.25, -0.2) is 32.2 Å². The van der Waals surface area contributed by atoms with Crippen molar-refractivity contribution in [2.45, 2.75) is 4.90 Å². The van der Waals surface area contributed by atoms with Crippen LogP contribution in [-0.4, -0.2) is 44.8 Å². The van der Waals surface area contributed by atoms with Gasteiger partial charge in [0.1, 0.15) is 23.9 Å². The van der Waals surface area contributed by atoms with Gasteiger partial charge in [0.25, 0.3) is 10.0 Å². The Morgan fingerprint density at radius 2 is 1.93 bits per heavy atom. The summed E-state index contributed by atoms with van der Waals surface area (Å²) in [7, 11) is -3.30. The number of rotatable bonds is 6. The molecule has 4 heterocycles. The van der Waals surface area contributed by atoms with Gasteiger partial charge >= 0.3 is 0 Å². The van der Waals surface area contributed by atoms with Crippen molar-refractivity contribution in [3.8, 4) is 34.7 Å². The molecule has 0 amide bonds. The van der Waals surface area contributed by atoms with Crippen molar-refractivity contribution in [1.82, 2.24) is 29.3 Å². The van der Waals surface area contributed by atoms with Gasteiger partial charge in [-0.15, -0.1) is 0 Å². The summed E-state index contributed by atoms with van der Waals surface area (Å²) in [5.41, 5.74) is 1.31. The van der Waals surface area contributed by atoms with Crippen LogP contribution in [-0.2, 0) is 10.0 Å². The quantitative estimate of drug-likeness (QED) is 0.307. The highest BCUT2D eigenvalue weighted by atomic mass is 32.2. The van der Waals surface area contributed by atoms with Crippen LogP contribution < -0.4 is 9.46 Å². The molecule has 0 aliphatic carbocycles. The lowest BCUT2D eigenvalue weighted by atomic mass is 10.1. The number of para-hydroxylation sites is 2. The average molecular weight is 559 g/mol. The van der Waals surface area contributed by atoms with Gasteiger partial charge in [0.15, 0.2) is 16.5 Å². The molecule has 11 nitrogen and oxygen atoms in total. The first-order valence-corrected chi connectivity index (χ1v) is 13.0. The predicted octanol–water partition coefficient (Wildman–Crippen LogP) is 4.29. The summed E-state index contributed by atoms with van der Waals surface area (Å²) in [6.45, 7) is 0. The Kier molecular flexibility index (Phi) is 5.85. The minimum atomic E-state index is -4.49. The van der Waals surface area contributed by atoms with Gasteiger partial charge < -0.3 is 14.1 Å². The van der Waals surface area contributed by atoms with Crippen molar-refractivity contribution in [3.05, 3.63) is 84.6 Å². The standard InChI is InChI=1S/C26H16F2N8O3S/c1-39-26-21(8-14(9-29)10-31-26)40(37,38)35-18-7-6-15(27)22(23(18)28)19-12-36-13-32-24(20(36)11-30-19)25-33-16-4-2-3-5-17(16)34-25/h2-8,10-13,35H,1H3,(H,33,34). The number of halogens is 2. The van der Waals surface area contributed by atoms with Crippen LogP contribution >= 0.6 is 0 Å². The lowest BCUT2D eigenvalue weighted by Crippen LogP contribution is -2.16. The molecule has 0 saturated carbocycles. The van der Waals surface area contributed by atoms with Crippen LogP contribution in [0.5, 0.6) is 5.88 Å². The zero-order valence-corrected chi connectivity index (χ0v) is 21.2. The van der Waals surface area contributed by atoms with E-state index in [1.165, 1.54) is 30.2 Å². The molecule has 198 valence electrons. The zero-order chi connectivity index (χ0) is 28.0. The molecule has 6 aromatic rings. The minimum absolute atomic E-state index is 0.0544. The molecule has 6 rings (SSSR count). The molecule has 2 aromatic carbocycles. The summed E-state index contributed by atoms with van der Waals surface area (Å²) in [6, 6.07) is 12.1. The number of nitrogens with one attached hydrogen (secondary N) is 2. The van der Waals surface area contributed by atoms with Gasteiger partial charge in [0.2, 0.25) is 5.88 Å². The normalized spacial score (nSPS) is 11.6. The third kappa shape index (κ3) is 4.14. The van der Waals surface area contributed by atoms with Crippen LogP contribution in [0.2, 0.25) is 0 Å². The van der Waals surface area contributed by atoms with Crippen molar-refractivity contribution in [1.29, 1.82) is 5.26 Å². The monoisotopic (exact) mass is 558 g/mol. The first-order chi connectivity index (χ1) is 19.3. The van der Waals surface area contributed by atoms with Crippen LogP contribution in [0.15, 0.2) is 72.3 Å². The summed E-state index contributed by atoms with van der Waals surface area (Å²) < 4.78 is 65.3. The number of fused-ring (bicyclic) bond motifs is 2. The number of hydrogen-bond acceptors (Lipinski definition) is 8. The van der Waals surface area contributed by atoms with Gasteiger partial charge in [-0.05, 0) is 30.3 Å². The van der Waals surface area contributed by atoms with Crippen molar-refractivity contribution < 1.29 is 21.9 Å². The van der Waals surface area contributed by atoms with E-state index >= 15 is 4.39 Å². The Balaban J connectivity index is 1.39. The third-order valence-corrected chi connectivity index (χ3v) is 7.41. The number of anilines is 1. The van der Waals surface area contributed by atoms with Gasteiger partial charge in [-0.1, -0.05) is 12.1 Å². The van der Waals surface area contributed by atoms with E-state index in [0.717, 1.165) is 35.4 Å². The number of imidazole rings is 2. The second-order valence-electron chi connectivity index (χ2n) is 8.49. The number of hydrogen-bond donors (Lipinski definition) is 2. The molecule has 0 bridgehead atoms. The summed E-state index contributed by atoms with van der Waals surface area (Å²) in [6.07, 6.45) is 5.35. The molecule has 4 aromatic heterocycles. The Morgan fingerprint density at radius 1 is 1.10 bits per heavy atom. The molecule has 40 heavy (non-hydrogen) atoms. The average Bonchev–Trinajstić information content (AvgIpc) is 3.58. The number of pyridine rings is 1. The Hall–Kier alpha value is -5.42. The molecular weight excluding hydrogens is 542 g/mol. The summed E-state index contributed by atoms with van der Waals surface area (Å²) >= 11 is 0. The number of nitriles is 1. The number of nitrogens with zero attached hydrogens (tertiary/aromatic N) is 6. The lowest BCUT2D eigenvalue weighted by molar-refractivity contribution is 0.385. The molecule has 0 atom stereocenters. The first-order valence-electron chi connectivity index (χ1n) is 11.5. The Labute approximate surface area is 224 Å². The van der Waals surface area contributed by atoms with Gasteiger partial charge in [0.05, 0.1) is 52.4 Å². The van der Waals surface area contributed by atoms with Gasteiger partial charge in [-0.3, -0.25) is 9.71 Å². The van der Waals surface area contributed by atoms with Crippen molar-refractivity contribution in [2.24, 2.45) is 0 Å². The minimum Gasteiger partial charge on any atom is -0.480 e. The molecular formula is C26H16F2N8O3S. The zero-order valence-electron chi connectivity index (χ0n) is 20.4. The lowest BCUT2D eigenvalue weighted by Gasteiger charge is -2.14. The van der Waals surface area contributed by atoms with E-state index < -0.39 is 37.8 Å². The smallest absolute Gasteiger partial charge is 0.267 e. The number of aromatic nitrogens is 6. The fourth-order valence-corrected chi connectivity index (χ4v) is 5.38.